The van der Waals surface area contributed by atoms with Crippen molar-refractivity contribution in [2.75, 3.05) is 6.61 Å². The maximum Gasteiger partial charge on any atom is 0.331 e. The molecule has 74 valence electrons. The summed E-state index contributed by atoms with van der Waals surface area (Å²) >= 11 is 5.65. The number of ether oxygens (including phenoxy) is 1. The lowest BCUT2D eigenvalue weighted by Gasteiger charge is -2.05. The first kappa shape index (κ1) is 12.0. The highest BCUT2D eigenvalue weighted by atomic mass is 35.5. The van der Waals surface area contributed by atoms with Gasteiger partial charge in [0, 0.05) is 12.2 Å². The third-order valence-electron chi connectivity index (χ3n) is 1.21. The molecule has 0 fully saturated rings. The van der Waals surface area contributed by atoms with E-state index in [0.717, 1.165) is 12.2 Å². The number of carboxylic acid groups (broad SMARTS) is 1. The quantitative estimate of drug-likeness (QED) is 0.417. The summed E-state index contributed by atoms with van der Waals surface area (Å²) < 4.78 is 4.62. The topological polar surface area (TPSA) is 63.6 Å². The molecule has 0 saturated carbocycles. The molecule has 0 aromatic carbocycles. The number of hydrogen-bond acceptors (Lipinski definition) is 3. The monoisotopic (exact) mass is 206 g/mol. The van der Waals surface area contributed by atoms with Crippen LogP contribution in [0, 0.1) is 0 Å². The van der Waals surface area contributed by atoms with Crippen molar-refractivity contribution >= 4 is 23.5 Å². The molecule has 0 aliphatic carbocycles. The van der Waals surface area contributed by atoms with Crippen molar-refractivity contribution in [3.63, 3.8) is 0 Å². The third-order valence-corrected chi connectivity index (χ3v) is 1.65. The molecule has 1 unspecified atom stereocenters. The molecule has 0 bridgehead atoms. The van der Waals surface area contributed by atoms with Gasteiger partial charge in [-0.05, 0) is 6.42 Å². The van der Waals surface area contributed by atoms with Crippen LogP contribution in [-0.4, -0.2) is 29.0 Å². The summed E-state index contributed by atoms with van der Waals surface area (Å²) in [7, 11) is 0. The predicted octanol–water partition coefficient (Wildman–Crippen LogP) is 1.19. The molecule has 1 atom stereocenters. The number of esters is 1. The Morgan fingerprint density at radius 1 is 1.54 bits per heavy atom. The SMILES string of the molecule is CCC(Cl)COC(=O)/C=C\C(=O)O. The zero-order valence-corrected chi connectivity index (χ0v) is 7.95. The van der Waals surface area contributed by atoms with Crippen molar-refractivity contribution in [3.8, 4) is 0 Å². The van der Waals surface area contributed by atoms with E-state index in [1.807, 2.05) is 6.92 Å². The first-order valence-corrected chi connectivity index (χ1v) is 4.21. The molecule has 0 saturated heterocycles. The third kappa shape index (κ3) is 7.33. The Morgan fingerprint density at radius 2 is 2.15 bits per heavy atom. The van der Waals surface area contributed by atoms with Gasteiger partial charge in [-0.25, -0.2) is 9.59 Å². The van der Waals surface area contributed by atoms with Gasteiger partial charge in [-0.1, -0.05) is 6.92 Å². The fraction of sp³-hybridized carbons (Fsp3) is 0.500. The number of rotatable bonds is 5. The molecule has 0 aromatic rings. The van der Waals surface area contributed by atoms with E-state index in [0.29, 0.717) is 6.42 Å². The minimum Gasteiger partial charge on any atom is -0.478 e. The number of carbonyl (C=O) groups is 2. The second-order valence-electron chi connectivity index (χ2n) is 2.31. The maximum absolute atomic E-state index is 10.7. The Bertz CT molecular complexity index is 212. The number of alkyl halides is 1. The van der Waals surface area contributed by atoms with Crippen LogP contribution in [-0.2, 0) is 14.3 Å². The van der Waals surface area contributed by atoms with Crippen LogP contribution < -0.4 is 0 Å². The van der Waals surface area contributed by atoms with Gasteiger partial charge >= 0.3 is 11.9 Å². The van der Waals surface area contributed by atoms with Crippen molar-refractivity contribution < 1.29 is 19.4 Å². The van der Waals surface area contributed by atoms with Gasteiger partial charge in [0.2, 0.25) is 0 Å². The summed E-state index contributed by atoms with van der Waals surface area (Å²) in [6, 6.07) is 0. The summed E-state index contributed by atoms with van der Waals surface area (Å²) in [6.45, 7) is 1.96. The smallest absolute Gasteiger partial charge is 0.331 e. The molecule has 0 aliphatic rings. The molecule has 0 heterocycles. The van der Waals surface area contributed by atoms with Crippen LogP contribution in [0.15, 0.2) is 12.2 Å². The van der Waals surface area contributed by atoms with E-state index in [2.05, 4.69) is 4.74 Å². The van der Waals surface area contributed by atoms with E-state index in [4.69, 9.17) is 16.7 Å². The number of hydrogen-bond donors (Lipinski definition) is 1. The standard InChI is InChI=1S/C8H11ClO4/c1-2-6(9)5-13-8(12)4-3-7(10)11/h3-4,6H,2,5H2,1H3,(H,10,11)/b4-3-. The number of aliphatic carboxylic acids is 1. The molecular formula is C8H11ClO4. The highest BCUT2D eigenvalue weighted by Gasteiger charge is 2.04. The lowest BCUT2D eigenvalue weighted by molar-refractivity contribution is -0.138. The van der Waals surface area contributed by atoms with Crippen molar-refractivity contribution in [1.29, 1.82) is 0 Å². The second-order valence-corrected chi connectivity index (χ2v) is 2.92. The molecular weight excluding hydrogens is 196 g/mol. The summed E-state index contributed by atoms with van der Waals surface area (Å²) in [5, 5.41) is 7.95. The van der Waals surface area contributed by atoms with Gasteiger partial charge in [-0.3, -0.25) is 0 Å². The molecule has 5 heteroatoms. The minimum atomic E-state index is -1.19. The highest BCUT2D eigenvalue weighted by molar-refractivity contribution is 6.20. The molecule has 1 N–H and O–H groups in total. The summed E-state index contributed by atoms with van der Waals surface area (Å²) in [5.74, 6) is -1.88. The Morgan fingerprint density at radius 3 is 2.62 bits per heavy atom. The molecule has 0 spiro atoms. The Labute approximate surface area is 81.1 Å². The number of carbonyl (C=O) groups excluding carboxylic acids is 1. The first-order chi connectivity index (χ1) is 6.06. The van der Waals surface area contributed by atoms with Crippen LogP contribution in [0.3, 0.4) is 0 Å². The molecule has 4 nitrogen and oxygen atoms in total. The molecule has 13 heavy (non-hydrogen) atoms. The van der Waals surface area contributed by atoms with Crippen molar-refractivity contribution in [1.82, 2.24) is 0 Å². The van der Waals surface area contributed by atoms with Crippen LogP contribution >= 0.6 is 11.6 Å². The van der Waals surface area contributed by atoms with Gasteiger partial charge in [0.25, 0.3) is 0 Å². The Balaban J connectivity index is 3.69. The summed E-state index contributed by atoms with van der Waals surface area (Å²) in [5.41, 5.74) is 0. The van der Waals surface area contributed by atoms with Crippen molar-refractivity contribution in [2.45, 2.75) is 18.7 Å². The van der Waals surface area contributed by atoms with Crippen molar-refractivity contribution in [3.05, 3.63) is 12.2 Å². The van der Waals surface area contributed by atoms with Crippen molar-refractivity contribution in [2.24, 2.45) is 0 Å². The van der Waals surface area contributed by atoms with E-state index in [9.17, 15) is 9.59 Å². The van der Waals surface area contributed by atoms with Gasteiger partial charge < -0.3 is 9.84 Å². The van der Waals surface area contributed by atoms with E-state index < -0.39 is 11.9 Å². The van der Waals surface area contributed by atoms with Gasteiger partial charge in [0.1, 0.15) is 6.61 Å². The van der Waals surface area contributed by atoms with Crippen LogP contribution in [0.5, 0.6) is 0 Å². The first-order valence-electron chi connectivity index (χ1n) is 3.78. The lowest BCUT2D eigenvalue weighted by Crippen LogP contribution is -2.11. The van der Waals surface area contributed by atoms with Gasteiger partial charge in [-0.2, -0.15) is 0 Å². The minimum absolute atomic E-state index is 0.0981. The average Bonchev–Trinajstić information content (AvgIpc) is 2.10. The van der Waals surface area contributed by atoms with Crippen LogP contribution in [0.4, 0.5) is 0 Å². The fourth-order valence-corrected chi connectivity index (χ4v) is 0.541. The average molecular weight is 207 g/mol. The zero-order valence-electron chi connectivity index (χ0n) is 7.20. The van der Waals surface area contributed by atoms with Crippen LogP contribution in [0.1, 0.15) is 13.3 Å². The molecule has 0 aromatic heterocycles. The zero-order chi connectivity index (χ0) is 10.3. The predicted molar refractivity (Wildman–Crippen MR) is 47.7 cm³/mol. The summed E-state index contributed by atoms with van der Waals surface area (Å²) in [6.07, 6.45) is 2.26. The lowest BCUT2D eigenvalue weighted by atomic mass is 10.3. The van der Waals surface area contributed by atoms with E-state index >= 15 is 0 Å². The molecule has 0 radical (unpaired) electrons. The second kappa shape index (κ2) is 6.48. The summed E-state index contributed by atoms with van der Waals surface area (Å²) in [4.78, 5) is 20.7. The normalized spacial score (nSPS) is 12.8. The Kier molecular flexibility index (Phi) is 5.97. The number of carboxylic acids is 1. The van der Waals surface area contributed by atoms with Gasteiger partial charge in [0.15, 0.2) is 0 Å². The molecule has 0 rings (SSSR count). The fourth-order valence-electron chi connectivity index (χ4n) is 0.478. The highest BCUT2D eigenvalue weighted by Crippen LogP contribution is 2.01. The largest absolute Gasteiger partial charge is 0.478 e. The molecule has 0 amide bonds. The molecule has 0 aliphatic heterocycles. The van der Waals surface area contributed by atoms with Crippen LogP contribution in [0.2, 0.25) is 0 Å². The maximum atomic E-state index is 10.7. The van der Waals surface area contributed by atoms with E-state index in [1.54, 1.807) is 0 Å². The van der Waals surface area contributed by atoms with E-state index in [-0.39, 0.29) is 12.0 Å². The Hall–Kier alpha value is -1.03. The van der Waals surface area contributed by atoms with Gasteiger partial charge in [0.05, 0.1) is 5.38 Å². The van der Waals surface area contributed by atoms with Crippen LogP contribution in [0.25, 0.3) is 0 Å². The van der Waals surface area contributed by atoms with Gasteiger partial charge in [-0.15, -0.1) is 11.6 Å². The number of halogens is 1. The van der Waals surface area contributed by atoms with E-state index in [1.165, 1.54) is 0 Å².